The standard InChI is InChI=1S/C19H19NO4/c1-24-15-9-7-14(8-10-15)18(21)20-11-16(17(12-20)19(22)23)13-5-3-2-4-6-13/h2-10,16-17H,11-12H2,1H3,(H,22,23)/t16-,17-/m0/s1. The second-order valence-corrected chi connectivity index (χ2v) is 5.90. The zero-order chi connectivity index (χ0) is 17.1. The first-order chi connectivity index (χ1) is 11.6. The molecule has 0 bridgehead atoms. The van der Waals surface area contributed by atoms with E-state index in [1.165, 1.54) is 0 Å². The van der Waals surface area contributed by atoms with Crippen LogP contribution in [0.15, 0.2) is 54.6 Å². The van der Waals surface area contributed by atoms with Crippen LogP contribution in [0.4, 0.5) is 0 Å². The summed E-state index contributed by atoms with van der Waals surface area (Å²) in [6.07, 6.45) is 0. The summed E-state index contributed by atoms with van der Waals surface area (Å²) < 4.78 is 5.10. The number of hydrogen-bond donors (Lipinski definition) is 1. The third-order valence-corrected chi connectivity index (χ3v) is 4.49. The highest BCUT2D eigenvalue weighted by molar-refractivity contribution is 5.95. The summed E-state index contributed by atoms with van der Waals surface area (Å²) in [5, 5.41) is 9.53. The topological polar surface area (TPSA) is 66.8 Å². The largest absolute Gasteiger partial charge is 0.497 e. The molecule has 1 heterocycles. The SMILES string of the molecule is COc1ccc(C(=O)N2C[C@H](C(=O)O)[C@H](c3ccccc3)C2)cc1. The van der Waals surface area contributed by atoms with E-state index in [9.17, 15) is 14.7 Å². The lowest BCUT2D eigenvalue weighted by Crippen LogP contribution is -2.29. The third-order valence-electron chi connectivity index (χ3n) is 4.49. The Morgan fingerprint density at radius 1 is 1.04 bits per heavy atom. The predicted octanol–water partition coefficient (Wildman–Crippen LogP) is 2.64. The van der Waals surface area contributed by atoms with Gasteiger partial charge in [-0.25, -0.2) is 0 Å². The number of amides is 1. The molecular weight excluding hydrogens is 306 g/mol. The second kappa shape index (κ2) is 6.74. The van der Waals surface area contributed by atoms with Crippen molar-refractivity contribution in [1.29, 1.82) is 0 Å². The molecule has 2 aromatic carbocycles. The van der Waals surface area contributed by atoms with Crippen molar-refractivity contribution < 1.29 is 19.4 Å². The van der Waals surface area contributed by atoms with E-state index in [4.69, 9.17) is 4.74 Å². The van der Waals surface area contributed by atoms with Crippen molar-refractivity contribution in [2.24, 2.45) is 5.92 Å². The molecule has 5 nitrogen and oxygen atoms in total. The van der Waals surface area contributed by atoms with Gasteiger partial charge in [-0.3, -0.25) is 9.59 Å². The number of nitrogens with zero attached hydrogens (tertiary/aromatic N) is 1. The molecule has 2 atom stereocenters. The fraction of sp³-hybridized carbons (Fsp3) is 0.263. The lowest BCUT2D eigenvalue weighted by atomic mass is 9.89. The Hall–Kier alpha value is -2.82. The summed E-state index contributed by atoms with van der Waals surface area (Å²) in [4.78, 5) is 25.9. The van der Waals surface area contributed by atoms with Crippen LogP contribution in [0.25, 0.3) is 0 Å². The van der Waals surface area contributed by atoms with Crippen LogP contribution in [-0.4, -0.2) is 42.1 Å². The normalized spacial score (nSPS) is 20.0. The number of aliphatic carboxylic acids is 1. The number of likely N-dealkylation sites (tertiary alicyclic amines) is 1. The molecule has 0 aromatic heterocycles. The summed E-state index contributed by atoms with van der Waals surface area (Å²) in [5.41, 5.74) is 1.49. The summed E-state index contributed by atoms with van der Waals surface area (Å²) in [6.45, 7) is 0.631. The minimum Gasteiger partial charge on any atom is -0.497 e. The lowest BCUT2D eigenvalue weighted by Gasteiger charge is -2.16. The fourth-order valence-corrected chi connectivity index (χ4v) is 3.17. The first-order valence-corrected chi connectivity index (χ1v) is 7.81. The van der Waals surface area contributed by atoms with Crippen LogP contribution < -0.4 is 4.74 Å². The Balaban J connectivity index is 1.82. The molecule has 124 valence electrons. The minimum atomic E-state index is -0.867. The monoisotopic (exact) mass is 325 g/mol. The molecular formula is C19H19NO4. The van der Waals surface area contributed by atoms with E-state index in [1.54, 1.807) is 36.3 Å². The number of methoxy groups -OCH3 is 1. The Kier molecular flexibility index (Phi) is 4.51. The van der Waals surface area contributed by atoms with E-state index in [-0.39, 0.29) is 18.4 Å². The molecule has 0 aliphatic carbocycles. The first kappa shape index (κ1) is 16.1. The van der Waals surface area contributed by atoms with Gasteiger partial charge < -0.3 is 14.7 Å². The van der Waals surface area contributed by atoms with Gasteiger partial charge in [0.05, 0.1) is 13.0 Å². The molecule has 1 N–H and O–H groups in total. The number of hydrogen-bond acceptors (Lipinski definition) is 3. The molecule has 0 spiro atoms. The highest BCUT2D eigenvalue weighted by Gasteiger charge is 2.40. The maximum absolute atomic E-state index is 12.7. The summed E-state index contributed by atoms with van der Waals surface area (Å²) in [6, 6.07) is 16.4. The van der Waals surface area contributed by atoms with E-state index in [0.29, 0.717) is 17.9 Å². The molecule has 1 aliphatic rings. The van der Waals surface area contributed by atoms with E-state index in [0.717, 1.165) is 5.56 Å². The maximum Gasteiger partial charge on any atom is 0.308 e. The molecule has 1 aliphatic heterocycles. The van der Waals surface area contributed by atoms with E-state index in [1.807, 2.05) is 30.3 Å². The van der Waals surface area contributed by atoms with Crippen LogP contribution in [0.1, 0.15) is 21.8 Å². The molecule has 5 heteroatoms. The third kappa shape index (κ3) is 3.11. The van der Waals surface area contributed by atoms with Crippen LogP contribution in [0.5, 0.6) is 5.75 Å². The van der Waals surface area contributed by atoms with Gasteiger partial charge in [0.2, 0.25) is 0 Å². The summed E-state index contributed by atoms with van der Waals surface area (Å²) >= 11 is 0. The van der Waals surface area contributed by atoms with Crippen LogP contribution in [0.2, 0.25) is 0 Å². The molecule has 1 amide bonds. The number of carboxylic acids is 1. The molecule has 1 saturated heterocycles. The van der Waals surface area contributed by atoms with Gasteiger partial charge in [0.15, 0.2) is 0 Å². The van der Waals surface area contributed by atoms with Gasteiger partial charge in [-0.15, -0.1) is 0 Å². The van der Waals surface area contributed by atoms with Crippen molar-refractivity contribution in [3.63, 3.8) is 0 Å². The molecule has 0 radical (unpaired) electrons. The van der Waals surface area contributed by atoms with Crippen LogP contribution in [-0.2, 0) is 4.79 Å². The van der Waals surface area contributed by atoms with Gasteiger partial charge in [-0.05, 0) is 29.8 Å². The smallest absolute Gasteiger partial charge is 0.308 e. The van der Waals surface area contributed by atoms with Crippen LogP contribution in [0, 0.1) is 5.92 Å². The van der Waals surface area contributed by atoms with Gasteiger partial charge in [0.1, 0.15) is 5.75 Å². The number of carbonyl (C=O) groups is 2. The van der Waals surface area contributed by atoms with Crippen LogP contribution in [0.3, 0.4) is 0 Å². The molecule has 0 saturated carbocycles. The molecule has 1 fully saturated rings. The number of rotatable bonds is 4. The van der Waals surface area contributed by atoms with E-state index in [2.05, 4.69) is 0 Å². The zero-order valence-electron chi connectivity index (χ0n) is 13.4. The minimum absolute atomic E-state index is 0.151. The van der Waals surface area contributed by atoms with Crippen molar-refractivity contribution in [3.05, 3.63) is 65.7 Å². The Morgan fingerprint density at radius 3 is 2.29 bits per heavy atom. The number of carbonyl (C=O) groups excluding carboxylic acids is 1. The Labute approximate surface area is 140 Å². The molecule has 0 unspecified atom stereocenters. The van der Waals surface area contributed by atoms with Crippen molar-refractivity contribution in [1.82, 2.24) is 4.90 Å². The van der Waals surface area contributed by atoms with Crippen molar-refractivity contribution in [2.45, 2.75) is 5.92 Å². The van der Waals surface area contributed by atoms with E-state index >= 15 is 0 Å². The zero-order valence-corrected chi connectivity index (χ0v) is 13.4. The fourth-order valence-electron chi connectivity index (χ4n) is 3.17. The van der Waals surface area contributed by atoms with Crippen LogP contribution >= 0.6 is 0 Å². The Morgan fingerprint density at radius 2 is 1.71 bits per heavy atom. The summed E-state index contributed by atoms with van der Waals surface area (Å²) in [7, 11) is 1.57. The van der Waals surface area contributed by atoms with Gasteiger partial charge in [-0.1, -0.05) is 30.3 Å². The quantitative estimate of drug-likeness (QED) is 0.938. The molecule has 2 aromatic rings. The highest BCUT2D eigenvalue weighted by atomic mass is 16.5. The van der Waals surface area contributed by atoms with Crippen molar-refractivity contribution in [2.75, 3.05) is 20.2 Å². The van der Waals surface area contributed by atoms with Crippen molar-refractivity contribution in [3.8, 4) is 5.75 Å². The number of carboxylic acid groups (broad SMARTS) is 1. The Bertz CT molecular complexity index is 727. The maximum atomic E-state index is 12.7. The predicted molar refractivity (Wildman–Crippen MR) is 89.2 cm³/mol. The lowest BCUT2D eigenvalue weighted by molar-refractivity contribution is -0.141. The average molecular weight is 325 g/mol. The van der Waals surface area contributed by atoms with Gasteiger partial charge in [0, 0.05) is 24.6 Å². The second-order valence-electron chi connectivity index (χ2n) is 5.90. The number of benzene rings is 2. The van der Waals surface area contributed by atoms with Gasteiger partial charge in [0.25, 0.3) is 5.91 Å². The van der Waals surface area contributed by atoms with Gasteiger partial charge >= 0.3 is 5.97 Å². The summed E-state index contributed by atoms with van der Waals surface area (Å²) in [5.74, 6) is -1.12. The van der Waals surface area contributed by atoms with Gasteiger partial charge in [-0.2, -0.15) is 0 Å². The highest BCUT2D eigenvalue weighted by Crippen LogP contribution is 2.33. The average Bonchev–Trinajstić information content (AvgIpc) is 3.07. The first-order valence-electron chi connectivity index (χ1n) is 7.81. The number of ether oxygens (including phenoxy) is 1. The molecule has 3 rings (SSSR count). The molecule has 24 heavy (non-hydrogen) atoms. The van der Waals surface area contributed by atoms with Crippen molar-refractivity contribution >= 4 is 11.9 Å². The van der Waals surface area contributed by atoms with E-state index < -0.39 is 11.9 Å².